The van der Waals surface area contributed by atoms with Crippen LogP contribution in [0.5, 0.6) is 17.2 Å². The zero-order valence-electron chi connectivity index (χ0n) is 16.0. The first-order chi connectivity index (χ1) is 13.6. The third-order valence-corrected chi connectivity index (χ3v) is 8.09. The number of piperazine rings is 1. The van der Waals surface area contributed by atoms with Gasteiger partial charge < -0.3 is 29.7 Å². The van der Waals surface area contributed by atoms with E-state index in [-0.39, 0.29) is 48.1 Å². The zero-order chi connectivity index (χ0) is 18.9. The number of phenols is 2. The Morgan fingerprint density at radius 2 is 2.00 bits per heavy atom. The quantitative estimate of drug-likeness (QED) is 0.603. The first kappa shape index (κ1) is 16.2. The van der Waals surface area contributed by atoms with Crippen LogP contribution < -0.4 is 10.1 Å². The number of hydrogen-bond acceptors (Lipinski definition) is 8. The monoisotopic (exact) mass is 387 g/mol. The molecule has 7 rings (SSSR count). The Balaban J connectivity index is 1.54. The van der Waals surface area contributed by atoms with E-state index in [1.807, 2.05) is 6.92 Å². The molecule has 0 radical (unpaired) electrons. The van der Waals surface area contributed by atoms with Gasteiger partial charge in [0, 0.05) is 47.3 Å². The Bertz CT molecular complexity index is 893. The number of phenolic OH excluding ortho intramolecular Hbond substituents is 2. The second-order valence-electron chi connectivity index (χ2n) is 9.00. The smallest absolute Gasteiger partial charge is 0.167 e. The van der Waals surface area contributed by atoms with Gasteiger partial charge in [0.15, 0.2) is 11.5 Å². The number of benzene rings is 1. The van der Waals surface area contributed by atoms with E-state index >= 15 is 0 Å². The minimum absolute atomic E-state index is 0.000711. The molecule has 0 unspecified atom stereocenters. The Kier molecular flexibility index (Phi) is 2.97. The van der Waals surface area contributed by atoms with Gasteiger partial charge in [-0.1, -0.05) is 0 Å². The summed E-state index contributed by atoms with van der Waals surface area (Å²) in [6.45, 7) is 3.88. The maximum atomic E-state index is 11.3. The lowest BCUT2D eigenvalue weighted by atomic mass is 9.73. The first-order valence-electron chi connectivity index (χ1n) is 10.3. The number of aromatic hydroxyl groups is 2. The van der Waals surface area contributed by atoms with E-state index in [0.717, 1.165) is 24.1 Å². The lowest BCUT2D eigenvalue weighted by Crippen LogP contribution is -2.71. The lowest BCUT2D eigenvalue weighted by Gasteiger charge is -2.57. The van der Waals surface area contributed by atoms with E-state index in [1.54, 1.807) is 0 Å². The molecular formula is C20H25N3O5. The lowest BCUT2D eigenvalue weighted by molar-refractivity contribution is -0.132. The Morgan fingerprint density at radius 3 is 2.82 bits per heavy atom. The van der Waals surface area contributed by atoms with Gasteiger partial charge in [-0.2, -0.15) is 0 Å². The largest absolute Gasteiger partial charge is 0.507 e. The van der Waals surface area contributed by atoms with Gasteiger partial charge in [0.25, 0.3) is 0 Å². The van der Waals surface area contributed by atoms with E-state index in [0.29, 0.717) is 36.5 Å². The molecule has 0 aromatic heterocycles. The second-order valence-corrected chi connectivity index (χ2v) is 9.00. The third kappa shape index (κ3) is 1.60. The maximum absolute atomic E-state index is 11.3. The highest BCUT2D eigenvalue weighted by atomic mass is 16.5. The predicted molar refractivity (Wildman–Crippen MR) is 97.2 cm³/mol. The number of fused-ring (bicyclic) bond motifs is 8. The van der Waals surface area contributed by atoms with Crippen molar-refractivity contribution in [1.82, 2.24) is 15.1 Å². The number of methoxy groups -OCH3 is 1. The molecule has 0 spiro atoms. The van der Waals surface area contributed by atoms with Gasteiger partial charge >= 0.3 is 0 Å². The van der Waals surface area contributed by atoms with E-state index in [1.165, 1.54) is 7.11 Å². The molecule has 3 N–H and O–H groups in total. The van der Waals surface area contributed by atoms with E-state index in [4.69, 9.17) is 14.2 Å². The van der Waals surface area contributed by atoms with Crippen molar-refractivity contribution in [2.45, 2.75) is 56.0 Å². The van der Waals surface area contributed by atoms with Crippen LogP contribution in [0.25, 0.3) is 0 Å². The fraction of sp³-hybridized carbons (Fsp3) is 0.700. The highest BCUT2D eigenvalue weighted by Crippen LogP contribution is 2.62. The molecule has 6 heterocycles. The molecular weight excluding hydrogens is 362 g/mol. The van der Waals surface area contributed by atoms with Gasteiger partial charge in [-0.25, -0.2) is 0 Å². The summed E-state index contributed by atoms with van der Waals surface area (Å²) in [5.74, 6) is 1.17. The van der Waals surface area contributed by atoms with Crippen molar-refractivity contribution in [2.24, 2.45) is 5.92 Å². The summed E-state index contributed by atoms with van der Waals surface area (Å²) in [5.41, 5.74) is 2.20. The molecule has 2 bridgehead atoms. The summed E-state index contributed by atoms with van der Waals surface area (Å²) in [7, 11) is 1.54. The molecule has 150 valence electrons. The average molecular weight is 387 g/mol. The predicted octanol–water partition coefficient (Wildman–Crippen LogP) is 0.570. The van der Waals surface area contributed by atoms with Crippen LogP contribution in [0.15, 0.2) is 0 Å². The van der Waals surface area contributed by atoms with Gasteiger partial charge in [-0.15, -0.1) is 0 Å². The van der Waals surface area contributed by atoms with Gasteiger partial charge in [0.2, 0.25) is 0 Å². The summed E-state index contributed by atoms with van der Waals surface area (Å²) in [4.78, 5) is 4.89. The highest BCUT2D eigenvalue weighted by molar-refractivity contribution is 5.65. The number of ether oxygens (including phenoxy) is 3. The number of piperidine rings is 1. The molecule has 1 aromatic carbocycles. The molecule has 6 aliphatic heterocycles. The normalized spacial score (nSPS) is 45.2. The molecule has 0 aliphatic carbocycles. The highest BCUT2D eigenvalue weighted by Gasteiger charge is 2.67. The minimum atomic E-state index is -0.0624. The fourth-order valence-corrected chi connectivity index (χ4v) is 7.19. The maximum Gasteiger partial charge on any atom is 0.167 e. The molecule has 5 fully saturated rings. The number of nitrogens with zero attached hydrogens (tertiary/aromatic N) is 2. The van der Waals surface area contributed by atoms with E-state index in [9.17, 15) is 10.2 Å². The van der Waals surface area contributed by atoms with Crippen LogP contribution in [0.4, 0.5) is 0 Å². The third-order valence-electron chi connectivity index (χ3n) is 8.09. The molecule has 28 heavy (non-hydrogen) atoms. The summed E-state index contributed by atoms with van der Waals surface area (Å²) < 4.78 is 17.9. The molecule has 5 saturated heterocycles. The molecule has 1 aromatic rings. The first-order valence-corrected chi connectivity index (χ1v) is 10.3. The Hall–Kier alpha value is -1.58. The van der Waals surface area contributed by atoms with Crippen molar-refractivity contribution in [3.05, 3.63) is 16.7 Å². The number of hydrogen-bond donors (Lipinski definition) is 3. The second kappa shape index (κ2) is 5.12. The SMILES string of the molecule is COc1c(C)c(O)c2c(c1O)[C@@H]1CO[C@@H]3[C@@H]4C[C@H]5[C@@H](N4)[C@H]([C@@H]2N2CCO[C@H]52)N31. The topological polar surface area (TPSA) is 86.7 Å². The zero-order valence-corrected chi connectivity index (χ0v) is 16.0. The van der Waals surface area contributed by atoms with E-state index < -0.39 is 0 Å². The summed E-state index contributed by atoms with van der Waals surface area (Å²) in [6.07, 6.45) is 1.09. The fourth-order valence-electron chi connectivity index (χ4n) is 7.19. The molecule has 0 saturated carbocycles. The minimum Gasteiger partial charge on any atom is -0.507 e. The van der Waals surface area contributed by atoms with Crippen LogP contribution in [0.2, 0.25) is 0 Å². The van der Waals surface area contributed by atoms with Crippen LogP contribution in [0.3, 0.4) is 0 Å². The van der Waals surface area contributed by atoms with Crippen molar-refractivity contribution >= 4 is 0 Å². The van der Waals surface area contributed by atoms with Crippen molar-refractivity contribution in [3.63, 3.8) is 0 Å². The average Bonchev–Trinajstić information content (AvgIpc) is 3.40. The number of nitrogens with one attached hydrogen (secondary N) is 1. The van der Waals surface area contributed by atoms with Crippen molar-refractivity contribution in [1.29, 1.82) is 0 Å². The van der Waals surface area contributed by atoms with Crippen LogP contribution in [-0.2, 0) is 9.47 Å². The Morgan fingerprint density at radius 1 is 1.14 bits per heavy atom. The molecule has 8 nitrogen and oxygen atoms in total. The molecule has 0 amide bonds. The standard InChI is InChI=1S/C20H25N3O5/c1-7-16(24)12-11(17(25)18(7)26-2)10-6-28-20-9-5-8-13(21-9)15(23(10)20)14(12)22-3-4-27-19(8)22/h8-10,13-15,19-21,24-25H,3-6H2,1-2H3/t8-,9-,10-,13+,14+,15+,19+,20+/m0/s1. The summed E-state index contributed by atoms with van der Waals surface area (Å²) >= 11 is 0. The van der Waals surface area contributed by atoms with E-state index in [2.05, 4.69) is 15.1 Å². The van der Waals surface area contributed by atoms with Crippen LogP contribution in [-0.4, -0.2) is 77.5 Å². The van der Waals surface area contributed by atoms with Crippen molar-refractivity contribution in [3.8, 4) is 17.2 Å². The van der Waals surface area contributed by atoms with Crippen LogP contribution in [0.1, 0.15) is 35.2 Å². The molecule has 8 atom stereocenters. The van der Waals surface area contributed by atoms with Gasteiger partial charge in [-0.05, 0) is 13.3 Å². The summed E-state index contributed by atoms with van der Waals surface area (Å²) in [5, 5.41) is 26.3. The Labute approximate surface area is 163 Å². The van der Waals surface area contributed by atoms with Gasteiger partial charge in [0.05, 0.1) is 32.4 Å². The molecule has 8 heteroatoms. The van der Waals surface area contributed by atoms with Crippen molar-refractivity contribution in [2.75, 3.05) is 26.9 Å². The summed E-state index contributed by atoms with van der Waals surface area (Å²) in [6, 6.07) is 0.696. The van der Waals surface area contributed by atoms with Crippen LogP contribution >= 0.6 is 0 Å². The van der Waals surface area contributed by atoms with Gasteiger partial charge in [-0.3, -0.25) is 9.80 Å². The van der Waals surface area contributed by atoms with Crippen LogP contribution in [0, 0.1) is 12.8 Å². The molecule has 6 aliphatic rings. The number of rotatable bonds is 1. The van der Waals surface area contributed by atoms with Gasteiger partial charge in [0.1, 0.15) is 18.2 Å². The van der Waals surface area contributed by atoms with Crippen molar-refractivity contribution < 1.29 is 24.4 Å².